The molecule has 128 valence electrons. The molecule has 0 aliphatic carbocycles. The molecule has 25 heavy (non-hydrogen) atoms. The van der Waals surface area contributed by atoms with E-state index in [0.29, 0.717) is 26.2 Å². The number of benzene rings is 2. The molecule has 0 bridgehead atoms. The fourth-order valence-electron chi connectivity index (χ4n) is 2.65. The predicted octanol–water partition coefficient (Wildman–Crippen LogP) is 3.14. The lowest BCUT2D eigenvalue weighted by Crippen LogP contribution is -2.49. The summed E-state index contributed by atoms with van der Waals surface area (Å²) in [6.45, 7) is 2.60. The number of carbonyl (C=O) groups excluding carboxylic acids is 1. The molecule has 1 amide bonds. The van der Waals surface area contributed by atoms with E-state index < -0.39 is 0 Å². The van der Waals surface area contributed by atoms with Crippen molar-refractivity contribution in [3.8, 4) is 11.8 Å². The van der Waals surface area contributed by atoms with E-state index in [-0.39, 0.29) is 18.5 Å². The molecule has 0 unspecified atom stereocenters. The average Bonchev–Trinajstić information content (AvgIpc) is 2.67. The van der Waals surface area contributed by atoms with E-state index in [0.717, 1.165) is 11.3 Å². The molecule has 2 aromatic carbocycles. The molecule has 0 atom stereocenters. The number of halogens is 1. The Kier molecular flexibility index (Phi) is 5.53. The van der Waals surface area contributed by atoms with E-state index in [2.05, 4.69) is 16.7 Å². The Morgan fingerprint density at radius 3 is 2.36 bits per heavy atom. The van der Waals surface area contributed by atoms with Crippen molar-refractivity contribution in [3.05, 3.63) is 66.0 Å². The highest BCUT2D eigenvalue weighted by Gasteiger charge is 2.22. The van der Waals surface area contributed by atoms with Crippen LogP contribution in [0, 0.1) is 17.7 Å². The van der Waals surface area contributed by atoms with Crippen LogP contribution in [0.15, 0.2) is 54.6 Å². The molecule has 2 aromatic rings. The zero-order valence-corrected chi connectivity index (χ0v) is 13.8. The van der Waals surface area contributed by atoms with Crippen molar-refractivity contribution in [2.75, 3.05) is 37.7 Å². The van der Waals surface area contributed by atoms with E-state index in [1.807, 2.05) is 30.3 Å². The summed E-state index contributed by atoms with van der Waals surface area (Å²) in [5.74, 6) is 5.55. The number of carbonyl (C=O) groups is 1. The zero-order chi connectivity index (χ0) is 17.5. The van der Waals surface area contributed by atoms with Crippen molar-refractivity contribution in [1.29, 1.82) is 0 Å². The number of amides is 1. The van der Waals surface area contributed by atoms with E-state index >= 15 is 0 Å². The van der Waals surface area contributed by atoms with Crippen LogP contribution in [0.4, 0.5) is 14.9 Å². The van der Waals surface area contributed by atoms with Crippen molar-refractivity contribution < 1.29 is 13.9 Å². The molecule has 0 radical (unpaired) electrons. The number of anilines is 1. The lowest BCUT2D eigenvalue weighted by Gasteiger charge is -2.35. The molecule has 0 saturated carbocycles. The average molecular weight is 338 g/mol. The van der Waals surface area contributed by atoms with E-state index in [4.69, 9.17) is 4.74 Å². The number of piperazine rings is 1. The van der Waals surface area contributed by atoms with Gasteiger partial charge in [-0.25, -0.2) is 9.18 Å². The summed E-state index contributed by atoms with van der Waals surface area (Å²) in [6.07, 6.45) is -0.346. The van der Waals surface area contributed by atoms with Crippen LogP contribution in [0.3, 0.4) is 0 Å². The van der Waals surface area contributed by atoms with Crippen LogP contribution in [0.5, 0.6) is 0 Å². The third kappa shape index (κ3) is 4.74. The first-order valence-electron chi connectivity index (χ1n) is 8.18. The number of rotatable bonds is 2. The Morgan fingerprint density at radius 1 is 1.00 bits per heavy atom. The SMILES string of the molecule is O=C(OCC#Cc1ccccc1)N1CCN(c2ccc(F)cc2)CC1. The van der Waals surface area contributed by atoms with Crippen molar-refractivity contribution in [3.63, 3.8) is 0 Å². The van der Waals surface area contributed by atoms with E-state index in [9.17, 15) is 9.18 Å². The molecule has 5 heteroatoms. The van der Waals surface area contributed by atoms with Crippen molar-refractivity contribution in [1.82, 2.24) is 4.90 Å². The normalized spacial score (nSPS) is 13.8. The van der Waals surface area contributed by atoms with Gasteiger partial charge in [-0.3, -0.25) is 0 Å². The van der Waals surface area contributed by atoms with Gasteiger partial charge in [0.1, 0.15) is 5.82 Å². The van der Waals surface area contributed by atoms with Crippen LogP contribution in [-0.4, -0.2) is 43.8 Å². The van der Waals surface area contributed by atoms with Crippen molar-refractivity contribution >= 4 is 11.8 Å². The van der Waals surface area contributed by atoms with Gasteiger partial charge < -0.3 is 14.5 Å². The Labute approximate surface area is 146 Å². The molecule has 1 aliphatic rings. The highest BCUT2D eigenvalue weighted by molar-refractivity contribution is 5.68. The van der Waals surface area contributed by atoms with Gasteiger partial charge in [-0.2, -0.15) is 0 Å². The van der Waals surface area contributed by atoms with Crippen LogP contribution < -0.4 is 4.90 Å². The number of nitrogens with zero attached hydrogens (tertiary/aromatic N) is 2. The summed E-state index contributed by atoms with van der Waals surface area (Å²) in [5, 5.41) is 0. The van der Waals surface area contributed by atoms with Gasteiger partial charge in [-0.15, -0.1) is 0 Å². The standard InChI is InChI=1S/C20H19FN2O2/c21-18-8-10-19(11-9-18)22-12-14-23(15-13-22)20(24)25-16-4-7-17-5-2-1-3-6-17/h1-3,5-6,8-11H,12-16H2. The van der Waals surface area contributed by atoms with Crippen molar-refractivity contribution in [2.45, 2.75) is 0 Å². The fourth-order valence-corrected chi connectivity index (χ4v) is 2.65. The minimum atomic E-state index is -0.346. The van der Waals surface area contributed by atoms with Crippen LogP contribution in [0.25, 0.3) is 0 Å². The Morgan fingerprint density at radius 2 is 1.68 bits per heavy atom. The molecule has 1 aliphatic heterocycles. The smallest absolute Gasteiger partial charge is 0.410 e. The molecule has 0 N–H and O–H groups in total. The maximum atomic E-state index is 13.0. The van der Waals surface area contributed by atoms with E-state index in [1.54, 1.807) is 17.0 Å². The number of hydrogen-bond donors (Lipinski definition) is 0. The number of hydrogen-bond acceptors (Lipinski definition) is 3. The summed E-state index contributed by atoms with van der Waals surface area (Å²) in [6, 6.07) is 16.0. The topological polar surface area (TPSA) is 32.8 Å². The summed E-state index contributed by atoms with van der Waals surface area (Å²) in [4.78, 5) is 15.9. The first-order valence-corrected chi connectivity index (χ1v) is 8.18. The summed E-state index contributed by atoms with van der Waals surface area (Å²) in [5.41, 5.74) is 1.86. The molecule has 0 spiro atoms. The Hall–Kier alpha value is -3.00. The van der Waals surface area contributed by atoms with E-state index in [1.165, 1.54) is 12.1 Å². The van der Waals surface area contributed by atoms with Gasteiger partial charge in [0.25, 0.3) is 0 Å². The largest absolute Gasteiger partial charge is 0.436 e. The third-order valence-electron chi connectivity index (χ3n) is 4.00. The molecular weight excluding hydrogens is 319 g/mol. The Bertz CT molecular complexity index is 758. The summed E-state index contributed by atoms with van der Waals surface area (Å²) >= 11 is 0. The van der Waals surface area contributed by atoms with Gasteiger partial charge in [-0.05, 0) is 36.4 Å². The molecule has 1 fully saturated rings. The molecule has 1 saturated heterocycles. The molecule has 1 heterocycles. The van der Waals surface area contributed by atoms with Gasteiger partial charge in [0.15, 0.2) is 6.61 Å². The first kappa shape index (κ1) is 16.8. The second-order valence-corrected chi connectivity index (χ2v) is 5.67. The number of ether oxygens (including phenoxy) is 1. The minimum absolute atomic E-state index is 0.0753. The third-order valence-corrected chi connectivity index (χ3v) is 4.00. The lowest BCUT2D eigenvalue weighted by atomic mass is 10.2. The minimum Gasteiger partial charge on any atom is -0.436 e. The van der Waals surface area contributed by atoms with Crippen LogP contribution in [0.1, 0.15) is 5.56 Å². The summed E-state index contributed by atoms with van der Waals surface area (Å²) in [7, 11) is 0. The van der Waals surface area contributed by atoms with Gasteiger partial charge in [0, 0.05) is 37.4 Å². The molecular formula is C20H19FN2O2. The molecule has 3 rings (SSSR count). The quantitative estimate of drug-likeness (QED) is 0.789. The first-order chi connectivity index (χ1) is 12.2. The van der Waals surface area contributed by atoms with Gasteiger partial charge in [-0.1, -0.05) is 30.0 Å². The van der Waals surface area contributed by atoms with Gasteiger partial charge in [0.2, 0.25) is 0 Å². The van der Waals surface area contributed by atoms with Crippen LogP contribution in [-0.2, 0) is 4.74 Å². The monoisotopic (exact) mass is 338 g/mol. The fraction of sp³-hybridized carbons (Fsp3) is 0.250. The second-order valence-electron chi connectivity index (χ2n) is 5.67. The maximum absolute atomic E-state index is 13.0. The Balaban J connectivity index is 1.44. The highest BCUT2D eigenvalue weighted by Crippen LogP contribution is 2.17. The second kappa shape index (κ2) is 8.20. The van der Waals surface area contributed by atoms with Crippen LogP contribution in [0.2, 0.25) is 0 Å². The molecule has 4 nitrogen and oxygen atoms in total. The molecule has 0 aromatic heterocycles. The zero-order valence-electron chi connectivity index (χ0n) is 13.8. The maximum Gasteiger partial charge on any atom is 0.410 e. The van der Waals surface area contributed by atoms with Crippen molar-refractivity contribution in [2.24, 2.45) is 0 Å². The van der Waals surface area contributed by atoms with Crippen LogP contribution >= 0.6 is 0 Å². The predicted molar refractivity (Wildman–Crippen MR) is 94.9 cm³/mol. The highest BCUT2D eigenvalue weighted by atomic mass is 19.1. The van der Waals surface area contributed by atoms with Gasteiger partial charge in [0.05, 0.1) is 0 Å². The lowest BCUT2D eigenvalue weighted by molar-refractivity contribution is 0.111. The summed E-state index contributed by atoms with van der Waals surface area (Å²) < 4.78 is 18.2. The van der Waals surface area contributed by atoms with Gasteiger partial charge >= 0.3 is 6.09 Å².